The van der Waals surface area contributed by atoms with Crippen LogP contribution in [0.3, 0.4) is 0 Å². The predicted octanol–water partition coefficient (Wildman–Crippen LogP) is 2.75. The van der Waals surface area contributed by atoms with E-state index in [2.05, 4.69) is 15.3 Å². The summed E-state index contributed by atoms with van der Waals surface area (Å²) in [6, 6.07) is 0.127. The molecule has 0 radical (unpaired) electrons. The maximum atomic E-state index is 12.2. The average molecular weight is 339 g/mol. The molecule has 0 saturated carbocycles. The van der Waals surface area contributed by atoms with Crippen LogP contribution in [0.25, 0.3) is 10.2 Å². The van der Waals surface area contributed by atoms with Gasteiger partial charge in [0.2, 0.25) is 5.91 Å². The zero-order valence-corrected chi connectivity index (χ0v) is 15.1. The van der Waals surface area contributed by atoms with Crippen LogP contribution >= 0.6 is 23.1 Å². The summed E-state index contributed by atoms with van der Waals surface area (Å²) in [7, 11) is 0. The molecule has 0 aliphatic carbocycles. The van der Waals surface area contributed by atoms with Crippen LogP contribution in [0.1, 0.15) is 37.0 Å². The van der Waals surface area contributed by atoms with Crippen molar-refractivity contribution in [3.63, 3.8) is 0 Å². The van der Waals surface area contributed by atoms with Crippen LogP contribution in [0.4, 0.5) is 0 Å². The Morgan fingerprint density at radius 2 is 2.05 bits per heavy atom. The summed E-state index contributed by atoms with van der Waals surface area (Å²) in [6.07, 6.45) is 0. The Bertz CT molecular complexity index is 749. The molecule has 1 unspecified atom stereocenters. The highest BCUT2D eigenvalue weighted by molar-refractivity contribution is 7.99. The number of hydrogen-bond acceptors (Lipinski definition) is 5. The molecule has 0 spiro atoms. The van der Waals surface area contributed by atoms with E-state index in [1.165, 1.54) is 23.1 Å². The van der Waals surface area contributed by atoms with Gasteiger partial charge in [-0.1, -0.05) is 0 Å². The second kappa shape index (κ2) is 6.83. The molecule has 0 fully saturated rings. The van der Waals surface area contributed by atoms with Crippen molar-refractivity contribution in [2.75, 3.05) is 0 Å². The minimum atomic E-state index is -0.185. The molecule has 5 nitrogen and oxygen atoms in total. The number of nitrogens with zero attached hydrogens (tertiary/aromatic N) is 1. The number of rotatable bonds is 5. The second-order valence-corrected chi connectivity index (χ2v) is 8.12. The zero-order valence-electron chi connectivity index (χ0n) is 13.4. The molecule has 7 heteroatoms. The van der Waals surface area contributed by atoms with E-state index in [9.17, 15) is 9.59 Å². The lowest BCUT2D eigenvalue weighted by atomic mass is 10.2. The Morgan fingerprint density at radius 3 is 2.68 bits per heavy atom. The third-order valence-corrected chi connectivity index (χ3v) is 5.61. The van der Waals surface area contributed by atoms with Crippen molar-refractivity contribution in [1.29, 1.82) is 0 Å². The molecule has 2 rings (SSSR count). The molecule has 2 aromatic rings. The zero-order chi connectivity index (χ0) is 16.4. The summed E-state index contributed by atoms with van der Waals surface area (Å²) >= 11 is 3.00. The molecule has 2 N–H and O–H groups in total. The van der Waals surface area contributed by atoms with Crippen molar-refractivity contribution in [1.82, 2.24) is 15.3 Å². The van der Waals surface area contributed by atoms with Crippen molar-refractivity contribution < 1.29 is 4.79 Å². The fraction of sp³-hybridized carbons (Fsp3) is 0.533. The molecule has 0 bridgehead atoms. The quantitative estimate of drug-likeness (QED) is 0.878. The number of aromatic amines is 1. The number of H-pyrrole nitrogens is 1. The SMILES string of the molecule is Cc1sc2nc(CSC(C)C(=O)NC(C)C)[nH]c(=O)c2c1C. The van der Waals surface area contributed by atoms with Gasteiger partial charge in [-0.15, -0.1) is 23.1 Å². The molecular weight excluding hydrogens is 318 g/mol. The van der Waals surface area contributed by atoms with Crippen LogP contribution < -0.4 is 10.9 Å². The highest BCUT2D eigenvalue weighted by atomic mass is 32.2. The van der Waals surface area contributed by atoms with Gasteiger partial charge in [0.25, 0.3) is 5.56 Å². The molecule has 0 aliphatic heterocycles. The van der Waals surface area contributed by atoms with Crippen LogP contribution in [-0.2, 0) is 10.5 Å². The smallest absolute Gasteiger partial charge is 0.259 e. The Kier molecular flexibility index (Phi) is 5.28. The molecule has 0 saturated heterocycles. The Balaban J connectivity index is 2.13. The number of hydrogen-bond donors (Lipinski definition) is 2. The fourth-order valence-corrected chi connectivity index (χ4v) is 3.86. The number of thiophene rings is 1. The Hall–Kier alpha value is -1.34. The summed E-state index contributed by atoms with van der Waals surface area (Å²) in [5, 5.41) is 3.38. The third kappa shape index (κ3) is 3.70. The van der Waals surface area contributed by atoms with Crippen molar-refractivity contribution in [3.8, 4) is 0 Å². The van der Waals surface area contributed by atoms with Crippen molar-refractivity contribution >= 4 is 39.2 Å². The maximum absolute atomic E-state index is 12.2. The lowest BCUT2D eigenvalue weighted by molar-refractivity contribution is -0.120. The summed E-state index contributed by atoms with van der Waals surface area (Å²) in [5.41, 5.74) is 0.902. The molecule has 1 atom stereocenters. The first-order valence-electron chi connectivity index (χ1n) is 7.20. The van der Waals surface area contributed by atoms with Gasteiger partial charge in [-0.3, -0.25) is 9.59 Å². The molecular formula is C15H21N3O2S2. The summed E-state index contributed by atoms with van der Waals surface area (Å²) in [5.74, 6) is 1.13. The predicted molar refractivity (Wildman–Crippen MR) is 93.8 cm³/mol. The minimum Gasteiger partial charge on any atom is -0.353 e. The van der Waals surface area contributed by atoms with Crippen molar-refractivity contribution in [2.24, 2.45) is 0 Å². The minimum absolute atomic E-state index is 0.00578. The summed E-state index contributed by atoms with van der Waals surface area (Å²) in [6.45, 7) is 9.66. The lowest BCUT2D eigenvalue weighted by Gasteiger charge is -2.13. The molecule has 2 heterocycles. The van der Waals surface area contributed by atoms with Crippen molar-refractivity contribution in [2.45, 2.75) is 51.7 Å². The van der Waals surface area contributed by atoms with Gasteiger partial charge in [0, 0.05) is 10.9 Å². The van der Waals surface area contributed by atoms with E-state index in [1.807, 2.05) is 34.6 Å². The number of carbonyl (C=O) groups excluding carboxylic acids is 1. The van der Waals surface area contributed by atoms with E-state index in [4.69, 9.17) is 0 Å². The molecule has 2 aromatic heterocycles. The van der Waals surface area contributed by atoms with Gasteiger partial charge in [-0.25, -0.2) is 4.98 Å². The molecule has 1 amide bonds. The van der Waals surface area contributed by atoms with Crippen molar-refractivity contribution in [3.05, 3.63) is 26.6 Å². The van der Waals surface area contributed by atoms with E-state index in [0.717, 1.165) is 15.3 Å². The first kappa shape index (κ1) is 17.0. The third-order valence-electron chi connectivity index (χ3n) is 3.36. The Labute approximate surface area is 137 Å². The van der Waals surface area contributed by atoms with Crippen LogP contribution in [0.15, 0.2) is 4.79 Å². The van der Waals surface area contributed by atoms with Crippen LogP contribution in [0.5, 0.6) is 0 Å². The highest BCUT2D eigenvalue weighted by Gasteiger charge is 2.16. The number of amides is 1. The molecule has 0 aliphatic rings. The summed E-state index contributed by atoms with van der Waals surface area (Å²) < 4.78 is 0. The second-order valence-electron chi connectivity index (χ2n) is 5.59. The van der Waals surface area contributed by atoms with Gasteiger partial charge in [0.15, 0.2) is 0 Å². The number of aromatic nitrogens is 2. The number of aryl methyl sites for hydroxylation is 2. The van der Waals surface area contributed by atoms with E-state index in [0.29, 0.717) is 17.0 Å². The van der Waals surface area contributed by atoms with E-state index in [1.54, 1.807) is 0 Å². The number of carbonyl (C=O) groups is 1. The highest BCUT2D eigenvalue weighted by Crippen LogP contribution is 2.26. The van der Waals surface area contributed by atoms with Gasteiger partial charge >= 0.3 is 0 Å². The van der Waals surface area contributed by atoms with Gasteiger partial charge < -0.3 is 10.3 Å². The van der Waals surface area contributed by atoms with Crippen LogP contribution in [0, 0.1) is 13.8 Å². The first-order valence-corrected chi connectivity index (χ1v) is 9.07. The average Bonchev–Trinajstić information content (AvgIpc) is 2.70. The Morgan fingerprint density at radius 1 is 1.36 bits per heavy atom. The topological polar surface area (TPSA) is 74.8 Å². The largest absolute Gasteiger partial charge is 0.353 e. The number of thioether (sulfide) groups is 1. The van der Waals surface area contributed by atoms with Gasteiger partial charge in [-0.2, -0.15) is 0 Å². The molecule has 120 valence electrons. The standard InChI is InChI=1S/C15H21N3O2S2/c1-7(2)16-13(19)10(5)21-6-11-17-14(20)12-8(3)9(4)22-15(12)18-11/h7,10H,6H2,1-5H3,(H,16,19)(H,17,18,20). The molecule has 22 heavy (non-hydrogen) atoms. The monoisotopic (exact) mass is 339 g/mol. The van der Waals surface area contributed by atoms with Gasteiger partial charge in [-0.05, 0) is 40.2 Å². The maximum Gasteiger partial charge on any atom is 0.259 e. The normalized spacial score (nSPS) is 12.8. The molecule has 0 aromatic carbocycles. The van der Waals surface area contributed by atoms with E-state index >= 15 is 0 Å². The number of fused-ring (bicyclic) bond motifs is 1. The van der Waals surface area contributed by atoms with Crippen LogP contribution in [0.2, 0.25) is 0 Å². The van der Waals surface area contributed by atoms with Gasteiger partial charge in [0.05, 0.1) is 16.4 Å². The van der Waals surface area contributed by atoms with Gasteiger partial charge in [0.1, 0.15) is 10.7 Å². The van der Waals surface area contributed by atoms with Crippen LogP contribution in [-0.4, -0.2) is 27.2 Å². The summed E-state index contributed by atoms with van der Waals surface area (Å²) in [4.78, 5) is 33.3. The van der Waals surface area contributed by atoms with E-state index < -0.39 is 0 Å². The first-order chi connectivity index (χ1) is 10.3. The number of nitrogens with one attached hydrogen (secondary N) is 2. The van der Waals surface area contributed by atoms with E-state index in [-0.39, 0.29) is 22.8 Å². The fourth-order valence-electron chi connectivity index (χ4n) is 2.05. The lowest BCUT2D eigenvalue weighted by Crippen LogP contribution is -2.36.